The second kappa shape index (κ2) is 17.4. The van der Waals surface area contributed by atoms with Gasteiger partial charge >= 0.3 is 23.1 Å². The van der Waals surface area contributed by atoms with Crippen LogP contribution < -0.4 is 0 Å². The van der Waals surface area contributed by atoms with Crippen LogP contribution in [0.25, 0.3) is 0 Å². The molecule has 0 heterocycles. The van der Waals surface area contributed by atoms with Crippen molar-refractivity contribution in [2.75, 3.05) is 13.2 Å². The van der Waals surface area contributed by atoms with E-state index in [0.717, 1.165) is 12.8 Å². The molecule has 0 rings (SSSR count). The Balaban J connectivity index is -0.000000180. The van der Waals surface area contributed by atoms with Crippen molar-refractivity contribution in [2.45, 2.75) is 26.7 Å². The van der Waals surface area contributed by atoms with E-state index < -0.39 is 0 Å². The maximum Gasteiger partial charge on any atom is 2.00 e. The van der Waals surface area contributed by atoms with Crippen LogP contribution >= 0.6 is 24.4 Å². The Bertz CT molecular complexity index is 149. The molecule has 0 aliphatic rings. The first-order chi connectivity index (χ1) is 6.54. The van der Waals surface area contributed by atoms with Crippen LogP contribution in [0.4, 0.5) is 0 Å². The van der Waals surface area contributed by atoms with E-state index in [9.17, 15) is 0 Å². The largest absolute Gasteiger partial charge is 2.00 e. The zero-order valence-corrected chi connectivity index (χ0v) is 13.7. The molecule has 15 heavy (non-hydrogen) atoms. The van der Waals surface area contributed by atoms with E-state index in [-0.39, 0.29) is 31.8 Å². The second-order valence-electron chi connectivity index (χ2n) is 2.20. The Labute approximate surface area is 130 Å². The average Bonchev–Trinajstić information content (AvgIpc) is 2.12. The van der Waals surface area contributed by atoms with Crippen LogP contribution in [0.15, 0.2) is 0 Å². The number of hydrogen-bond donors (Lipinski definition) is 0. The van der Waals surface area contributed by atoms with Gasteiger partial charge in [-0.1, -0.05) is 13.8 Å². The van der Waals surface area contributed by atoms with Crippen molar-refractivity contribution in [3.8, 4) is 0 Å². The van der Waals surface area contributed by atoms with E-state index in [4.69, 9.17) is 9.47 Å². The number of hydrogen-bond acceptors (Lipinski definition) is 6. The second-order valence-corrected chi connectivity index (χ2v) is 4.20. The zero-order valence-electron chi connectivity index (χ0n) is 8.99. The first-order valence-electron chi connectivity index (χ1n) is 4.22. The van der Waals surface area contributed by atoms with Crippen molar-refractivity contribution in [2.24, 2.45) is 0 Å². The van der Waals surface area contributed by atoms with Gasteiger partial charge in [0.25, 0.3) is 0 Å². The molecule has 0 aromatic carbocycles. The third kappa shape index (κ3) is 31.3. The van der Waals surface area contributed by atoms with E-state index in [1.807, 2.05) is 13.8 Å². The minimum absolute atomic E-state index is 0. The van der Waals surface area contributed by atoms with Gasteiger partial charge in [-0.3, -0.25) is 0 Å². The standard InChI is InChI=1S/2C4H8OS2.Mg/c2*1-2-3-5-4(6)7;/h2*2-3H2,1H3,(H,6,7);/q;;+2/p-2. The molecule has 0 atom stereocenters. The van der Waals surface area contributed by atoms with Gasteiger partial charge in [-0.25, -0.2) is 0 Å². The van der Waals surface area contributed by atoms with Gasteiger partial charge in [-0.2, -0.15) is 0 Å². The molecule has 7 heteroatoms. The third-order valence-corrected chi connectivity index (χ3v) is 1.32. The molecule has 0 unspecified atom stereocenters. The molecule has 0 aliphatic heterocycles. The number of ether oxygens (including phenoxy) is 2. The van der Waals surface area contributed by atoms with Gasteiger partial charge in [-0.15, -0.1) is 0 Å². The van der Waals surface area contributed by atoms with E-state index in [0.29, 0.717) is 13.2 Å². The predicted molar refractivity (Wildman–Crippen MR) is 78.2 cm³/mol. The van der Waals surface area contributed by atoms with Crippen LogP contribution in [-0.2, 0) is 34.7 Å². The minimum atomic E-state index is 0. The molecule has 0 saturated carbocycles. The molecule has 0 bridgehead atoms. The maximum absolute atomic E-state index is 4.74. The molecule has 2 nitrogen and oxygen atoms in total. The Hall–Kier alpha value is 0.986. The summed E-state index contributed by atoms with van der Waals surface area (Å²) in [6.07, 6.45) is 1.94. The van der Waals surface area contributed by atoms with Crippen LogP contribution in [-0.4, -0.2) is 45.0 Å². The van der Waals surface area contributed by atoms with Crippen molar-refractivity contribution in [1.29, 1.82) is 0 Å². The number of rotatable bonds is 4. The van der Waals surface area contributed by atoms with E-state index in [1.54, 1.807) is 0 Å². The number of thiocarbonyl (C=S) groups is 2. The smallest absolute Gasteiger partial charge is 0.514 e. The normalized spacial score (nSPS) is 7.60. The van der Waals surface area contributed by atoms with Gasteiger partial charge in [0.2, 0.25) is 0 Å². The Kier molecular flexibility index (Phi) is 24.7. The van der Waals surface area contributed by atoms with E-state index in [2.05, 4.69) is 49.7 Å². The first-order valence-corrected chi connectivity index (χ1v) is 5.85. The van der Waals surface area contributed by atoms with Crippen molar-refractivity contribution in [1.82, 2.24) is 0 Å². The molecule has 0 fully saturated rings. The Morgan fingerprint density at radius 3 is 1.27 bits per heavy atom. The fourth-order valence-corrected chi connectivity index (χ4v) is 0.704. The summed E-state index contributed by atoms with van der Waals surface area (Å²) in [5.41, 5.74) is 0. The minimum Gasteiger partial charge on any atom is -0.514 e. The molecule has 0 aromatic heterocycles. The summed E-state index contributed by atoms with van der Waals surface area (Å²) in [7, 11) is 0. The summed E-state index contributed by atoms with van der Waals surface area (Å²) < 4.78 is 9.92. The molecule has 0 saturated heterocycles. The summed E-state index contributed by atoms with van der Waals surface area (Å²) in [5.74, 6) is 0. The van der Waals surface area contributed by atoms with Gasteiger partial charge in [0, 0.05) is 8.77 Å². The molecular weight excluding hydrogens is 281 g/mol. The summed E-state index contributed by atoms with van der Waals surface area (Å²) in [6.45, 7) is 5.33. The van der Waals surface area contributed by atoms with Crippen molar-refractivity contribution >= 4 is 81.5 Å². The van der Waals surface area contributed by atoms with E-state index >= 15 is 0 Å². The van der Waals surface area contributed by atoms with Gasteiger partial charge in [0.1, 0.15) is 0 Å². The van der Waals surface area contributed by atoms with Gasteiger partial charge in [0.15, 0.2) is 0 Å². The summed E-state index contributed by atoms with van der Waals surface area (Å²) >= 11 is 17.8. The summed E-state index contributed by atoms with van der Waals surface area (Å²) in [5, 5.41) is 0. The summed E-state index contributed by atoms with van der Waals surface area (Å²) in [4.78, 5) is 0. The average molecular weight is 295 g/mol. The van der Waals surface area contributed by atoms with E-state index in [1.165, 1.54) is 0 Å². The molecule has 0 spiro atoms. The van der Waals surface area contributed by atoms with Crippen molar-refractivity contribution in [3.05, 3.63) is 0 Å². The molecule has 0 radical (unpaired) electrons. The van der Waals surface area contributed by atoms with Crippen LogP contribution in [0.1, 0.15) is 26.7 Å². The maximum atomic E-state index is 4.74. The fourth-order valence-electron chi connectivity index (χ4n) is 0.371. The van der Waals surface area contributed by atoms with Gasteiger partial charge in [0.05, 0.1) is 13.2 Å². The molecule has 0 amide bonds. The van der Waals surface area contributed by atoms with Crippen molar-refractivity contribution < 1.29 is 9.47 Å². The Morgan fingerprint density at radius 2 is 1.20 bits per heavy atom. The quantitative estimate of drug-likeness (QED) is 0.446. The van der Waals surface area contributed by atoms with Gasteiger partial charge in [-0.05, 0) is 12.8 Å². The molecule has 0 N–H and O–H groups in total. The topological polar surface area (TPSA) is 18.5 Å². The van der Waals surface area contributed by atoms with Gasteiger partial charge < -0.3 is 59.2 Å². The molecule has 0 aromatic rings. The van der Waals surface area contributed by atoms with Crippen LogP contribution in [0.2, 0.25) is 0 Å². The first kappa shape index (κ1) is 21.3. The van der Waals surface area contributed by atoms with Crippen LogP contribution in [0.5, 0.6) is 0 Å². The Morgan fingerprint density at radius 1 is 0.933 bits per heavy atom. The molecule has 84 valence electrons. The predicted octanol–water partition coefficient (Wildman–Crippen LogP) is 2.11. The molecular formula is C8H14MgO2S4. The monoisotopic (exact) mass is 294 g/mol. The SMILES string of the molecule is CCCOC(=S)[S-].CCCOC(=S)[S-].[Mg+2]. The van der Waals surface area contributed by atoms with Crippen molar-refractivity contribution in [3.63, 3.8) is 0 Å². The summed E-state index contributed by atoms with van der Waals surface area (Å²) in [6, 6.07) is 0. The van der Waals surface area contributed by atoms with Crippen LogP contribution in [0.3, 0.4) is 0 Å². The molecule has 0 aliphatic carbocycles. The third-order valence-electron chi connectivity index (χ3n) is 0.848. The zero-order chi connectivity index (χ0) is 11.4. The van der Waals surface area contributed by atoms with Crippen LogP contribution in [0, 0.1) is 0 Å². The fraction of sp³-hybridized carbons (Fsp3) is 0.750.